The summed E-state index contributed by atoms with van der Waals surface area (Å²) in [4.78, 5) is 20.0. The fourth-order valence-electron chi connectivity index (χ4n) is 4.93. The highest BCUT2D eigenvalue weighted by Gasteiger charge is 2.28. The van der Waals surface area contributed by atoms with Crippen molar-refractivity contribution in [1.29, 1.82) is 0 Å². The Balaban J connectivity index is 1.61. The molecule has 8 heteroatoms. The fourth-order valence-corrected chi connectivity index (χ4v) is 4.93. The largest absolute Gasteiger partial charge is 0.367 e. The zero-order valence-electron chi connectivity index (χ0n) is 23.1. The Morgan fingerprint density at radius 2 is 1.82 bits per heavy atom. The van der Waals surface area contributed by atoms with Gasteiger partial charge in [-0.15, -0.1) is 0 Å². The maximum atomic E-state index is 14.2. The summed E-state index contributed by atoms with van der Waals surface area (Å²) >= 11 is 0. The Bertz CT molecular complexity index is 1190. The molecule has 1 fully saturated rings. The van der Waals surface area contributed by atoms with Gasteiger partial charge in [0, 0.05) is 38.3 Å². The van der Waals surface area contributed by atoms with E-state index in [0.717, 1.165) is 55.4 Å². The van der Waals surface area contributed by atoms with Gasteiger partial charge in [-0.25, -0.2) is 9.07 Å². The smallest absolute Gasteiger partial charge is 0.248 e. The van der Waals surface area contributed by atoms with Gasteiger partial charge in [-0.05, 0) is 43.1 Å². The van der Waals surface area contributed by atoms with Crippen LogP contribution in [0.1, 0.15) is 37.6 Å². The summed E-state index contributed by atoms with van der Waals surface area (Å²) in [7, 11) is 0. The van der Waals surface area contributed by atoms with Gasteiger partial charge in [0.05, 0.1) is 24.5 Å². The molecule has 0 saturated carbocycles. The zero-order valence-corrected chi connectivity index (χ0v) is 23.1. The second kappa shape index (κ2) is 13.0. The second-order valence-electron chi connectivity index (χ2n) is 10.3. The molecule has 4 rings (SSSR count). The first-order valence-corrected chi connectivity index (χ1v) is 13.6. The van der Waals surface area contributed by atoms with Crippen LogP contribution in [0.25, 0.3) is 5.69 Å². The van der Waals surface area contributed by atoms with Crippen LogP contribution in [0.15, 0.2) is 54.6 Å². The number of carbonyl (C=O) groups excluding carboxylic acids is 1. The second-order valence-corrected chi connectivity index (χ2v) is 10.3. The lowest BCUT2D eigenvalue weighted by atomic mass is 10.1. The Labute approximate surface area is 225 Å². The van der Waals surface area contributed by atoms with Crippen molar-refractivity contribution >= 4 is 11.7 Å². The molecular formula is C30H40FN5O2. The summed E-state index contributed by atoms with van der Waals surface area (Å²) in [6.07, 6.45) is 0. The SMILES string of the molecule is CCN1CCN(c2c(CN(CC(C)C)C(=O)COCc3ccccc3)c(C)nn2-c2cccc(F)c2)CC1. The predicted octanol–water partition coefficient (Wildman–Crippen LogP) is 4.66. The minimum absolute atomic E-state index is 0.0171. The highest BCUT2D eigenvalue weighted by Crippen LogP contribution is 2.30. The van der Waals surface area contributed by atoms with Crippen molar-refractivity contribution < 1.29 is 13.9 Å². The van der Waals surface area contributed by atoms with Gasteiger partial charge in [0.25, 0.3) is 0 Å². The maximum Gasteiger partial charge on any atom is 0.248 e. The molecule has 3 aromatic rings. The van der Waals surface area contributed by atoms with Gasteiger partial charge < -0.3 is 19.4 Å². The van der Waals surface area contributed by atoms with Gasteiger partial charge in [0.1, 0.15) is 18.2 Å². The number of amides is 1. The maximum absolute atomic E-state index is 14.2. The molecule has 7 nitrogen and oxygen atoms in total. The summed E-state index contributed by atoms with van der Waals surface area (Å²) in [6, 6.07) is 16.4. The fraction of sp³-hybridized carbons (Fsp3) is 0.467. The number of hydrogen-bond acceptors (Lipinski definition) is 5. The first-order valence-electron chi connectivity index (χ1n) is 13.6. The first-order chi connectivity index (χ1) is 18.4. The highest BCUT2D eigenvalue weighted by molar-refractivity contribution is 5.77. The van der Waals surface area contributed by atoms with Gasteiger partial charge in [0.2, 0.25) is 5.91 Å². The van der Waals surface area contributed by atoms with Crippen LogP contribution in [-0.4, -0.2) is 71.4 Å². The van der Waals surface area contributed by atoms with E-state index in [4.69, 9.17) is 9.84 Å². The molecule has 38 heavy (non-hydrogen) atoms. The number of carbonyl (C=O) groups is 1. The Morgan fingerprint density at radius 3 is 2.47 bits per heavy atom. The molecule has 0 spiro atoms. The molecule has 0 aliphatic carbocycles. The minimum Gasteiger partial charge on any atom is -0.367 e. The summed E-state index contributed by atoms with van der Waals surface area (Å²) in [5.74, 6) is 0.888. The number of benzene rings is 2. The third-order valence-corrected chi connectivity index (χ3v) is 6.95. The molecule has 1 aliphatic rings. The normalized spacial score (nSPS) is 14.3. The van der Waals surface area contributed by atoms with E-state index in [0.29, 0.717) is 31.3 Å². The zero-order chi connectivity index (χ0) is 27.1. The van der Waals surface area contributed by atoms with E-state index in [9.17, 15) is 9.18 Å². The number of nitrogens with zero attached hydrogens (tertiary/aromatic N) is 5. The summed E-state index contributed by atoms with van der Waals surface area (Å²) in [5.41, 5.74) is 3.56. The Morgan fingerprint density at radius 1 is 1.08 bits per heavy atom. The third kappa shape index (κ3) is 6.99. The molecule has 0 unspecified atom stereocenters. The standard InChI is InChI=1S/C30H40FN5O2/c1-5-33-14-16-34(17-15-33)30-28(24(4)32-36(30)27-13-9-12-26(31)18-27)20-35(19-23(2)3)29(37)22-38-21-25-10-7-6-8-11-25/h6-13,18,23H,5,14-17,19-22H2,1-4H3. The number of rotatable bonds is 11. The number of aryl methyl sites for hydroxylation is 1. The molecule has 204 valence electrons. The van der Waals surface area contributed by atoms with Crippen molar-refractivity contribution in [3.63, 3.8) is 0 Å². The molecule has 0 radical (unpaired) electrons. The van der Waals surface area contributed by atoms with E-state index >= 15 is 0 Å². The number of anilines is 1. The van der Waals surface area contributed by atoms with E-state index < -0.39 is 0 Å². The molecule has 2 heterocycles. The number of piperazine rings is 1. The molecule has 1 aromatic heterocycles. The lowest BCUT2D eigenvalue weighted by Crippen LogP contribution is -2.47. The molecule has 0 bridgehead atoms. The van der Waals surface area contributed by atoms with E-state index in [1.807, 2.05) is 52.9 Å². The molecular weight excluding hydrogens is 481 g/mol. The summed E-state index contributed by atoms with van der Waals surface area (Å²) < 4.78 is 21.9. The van der Waals surface area contributed by atoms with Crippen LogP contribution in [0.3, 0.4) is 0 Å². The lowest BCUT2D eigenvalue weighted by molar-refractivity contribution is -0.137. The van der Waals surface area contributed by atoms with Crippen molar-refractivity contribution in [2.24, 2.45) is 5.92 Å². The van der Waals surface area contributed by atoms with E-state index in [-0.39, 0.29) is 18.3 Å². The van der Waals surface area contributed by atoms with Crippen LogP contribution in [-0.2, 0) is 22.7 Å². The molecule has 2 aromatic carbocycles. The van der Waals surface area contributed by atoms with Crippen LogP contribution < -0.4 is 4.90 Å². The summed E-state index contributed by atoms with van der Waals surface area (Å²) in [5, 5.41) is 4.86. The van der Waals surface area contributed by atoms with Crippen LogP contribution >= 0.6 is 0 Å². The highest BCUT2D eigenvalue weighted by atomic mass is 19.1. The number of ether oxygens (including phenoxy) is 1. The number of hydrogen-bond donors (Lipinski definition) is 0. The Kier molecular flexibility index (Phi) is 9.53. The molecule has 0 N–H and O–H groups in total. The topological polar surface area (TPSA) is 53.8 Å². The van der Waals surface area contributed by atoms with Crippen LogP contribution in [0.2, 0.25) is 0 Å². The summed E-state index contributed by atoms with van der Waals surface area (Å²) in [6.45, 7) is 14.4. The number of halogens is 1. The van der Waals surface area contributed by atoms with Gasteiger partial charge in [-0.1, -0.05) is 57.2 Å². The average Bonchev–Trinajstić information content (AvgIpc) is 3.24. The van der Waals surface area contributed by atoms with Crippen molar-refractivity contribution in [2.75, 3.05) is 50.8 Å². The monoisotopic (exact) mass is 521 g/mol. The van der Waals surface area contributed by atoms with E-state index in [1.165, 1.54) is 12.1 Å². The molecule has 1 aliphatic heterocycles. The number of likely N-dealkylation sites (N-methyl/N-ethyl adjacent to an activating group) is 1. The first kappa shape index (κ1) is 27.8. The van der Waals surface area contributed by atoms with Crippen LogP contribution in [0, 0.1) is 18.7 Å². The third-order valence-electron chi connectivity index (χ3n) is 6.95. The lowest BCUT2D eigenvalue weighted by Gasteiger charge is -2.36. The van der Waals surface area contributed by atoms with Crippen molar-refractivity contribution in [3.8, 4) is 5.69 Å². The average molecular weight is 522 g/mol. The van der Waals surface area contributed by atoms with Crippen LogP contribution in [0.4, 0.5) is 10.2 Å². The molecule has 1 amide bonds. The van der Waals surface area contributed by atoms with E-state index in [1.54, 1.807) is 6.07 Å². The van der Waals surface area contributed by atoms with Crippen molar-refractivity contribution in [2.45, 2.75) is 40.8 Å². The molecule has 1 saturated heterocycles. The Hall–Kier alpha value is -3.23. The van der Waals surface area contributed by atoms with Gasteiger partial charge in [-0.2, -0.15) is 5.10 Å². The minimum atomic E-state index is -0.300. The van der Waals surface area contributed by atoms with Crippen LogP contribution in [0.5, 0.6) is 0 Å². The van der Waals surface area contributed by atoms with Gasteiger partial charge in [-0.3, -0.25) is 4.79 Å². The predicted molar refractivity (Wildman–Crippen MR) is 149 cm³/mol. The van der Waals surface area contributed by atoms with Crippen molar-refractivity contribution in [3.05, 3.63) is 77.2 Å². The van der Waals surface area contributed by atoms with E-state index in [2.05, 4.69) is 30.6 Å². The van der Waals surface area contributed by atoms with Crippen molar-refractivity contribution in [1.82, 2.24) is 19.6 Å². The number of aromatic nitrogens is 2. The molecule has 0 atom stereocenters. The quantitative estimate of drug-likeness (QED) is 0.367. The van der Waals surface area contributed by atoms with Gasteiger partial charge >= 0.3 is 0 Å². The van der Waals surface area contributed by atoms with Gasteiger partial charge in [0.15, 0.2) is 0 Å².